The number of esters is 1. The molecule has 2 rings (SSSR count). The van der Waals surface area contributed by atoms with Crippen molar-refractivity contribution in [2.75, 3.05) is 6.61 Å². The number of epoxide rings is 1. The van der Waals surface area contributed by atoms with Crippen LogP contribution in [0, 0.1) is 17.8 Å². The maximum atomic E-state index is 12.4. The van der Waals surface area contributed by atoms with E-state index in [0.29, 0.717) is 19.4 Å². The molecular formula is C17H26O5. The summed E-state index contributed by atoms with van der Waals surface area (Å²) in [6.45, 7) is 7.75. The number of carbonyl (C=O) groups is 2. The summed E-state index contributed by atoms with van der Waals surface area (Å²) in [5.41, 5.74) is -0.804. The maximum Gasteiger partial charge on any atom is 0.311 e. The molecule has 0 bridgehead atoms. The first-order valence-electron chi connectivity index (χ1n) is 8.06. The van der Waals surface area contributed by atoms with Crippen LogP contribution in [0.3, 0.4) is 0 Å². The smallest absolute Gasteiger partial charge is 0.311 e. The molecule has 0 aromatic carbocycles. The van der Waals surface area contributed by atoms with Crippen LogP contribution in [0.1, 0.15) is 40.5 Å². The minimum absolute atomic E-state index is 0.0603. The number of hydrogen-bond donors (Lipinski definition) is 1. The lowest BCUT2D eigenvalue weighted by molar-refractivity contribution is -0.160. The Balaban J connectivity index is 2.28. The highest BCUT2D eigenvalue weighted by molar-refractivity contribution is 5.99. The molecule has 0 saturated carbocycles. The minimum Gasteiger partial charge on any atom is -0.461 e. The van der Waals surface area contributed by atoms with E-state index in [4.69, 9.17) is 9.47 Å². The van der Waals surface area contributed by atoms with Crippen molar-refractivity contribution < 1.29 is 24.2 Å². The molecule has 0 aromatic rings. The summed E-state index contributed by atoms with van der Waals surface area (Å²) < 4.78 is 10.9. The SMILES string of the molecule is CC[C@H]1OC(=O)[C@H](C)[C@@H](O)C(C)C[C@]2(CO2)C(=O)/C=C/[C@H]1C. The van der Waals surface area contributed by atoms with Gasteiger partial charge in [-0.25, -0.2) is 0 Å². The zero-order chi connectivity index (χ0) is 16.5. The number of ketones is 1. The molecule has 0 amide bonds. The second-order valence-corrected chi connectivity index (χ2v) is 6.71. The average molecular weight is 310 g/mol. The molecule has 1 N–H and O–H groups in total. The molecule has 6 atom stereocenters. The van der Waals surface area contributed by atoms with Crippen molar-refractivity contribution in [2.45, 2.75) is 58.3 Å². The number of cyclic esters (lactones) is 1. The molecule has 1 unspecified atom stereocenters. The molecule has 124 valence electrons. The van der Waals surface area contributed by atoms with Gasteiger partial charge in [-0.05, 0) is 31.8 Å². The molecule has 2 aliphatic heterocycles. The van der Waals surface area contributed by atoms with E-state index in [-0.39, 0.29) is 29.7 Å². The summed E-state index contributed by atoms with van der Waals surface area (Å²) in [6.07, 6.45) is 3.26. The molecule has 0 aliphatic carbocycles. The Morgan fingerprint density at radius 1 is 1.32 bits per heavy atom. The molecule has 1 saturated heterocycles. The largest absolute Gasteiger partial charge is 0.461 e. The van der Waals surface area contributed by atoms with Crippen molar-refractivity contribution in [3.05, 3.63) is 12.2 Å². The number of aliphatic hydroxyl groups excluding tert-OH is 1. The van der Waals surface area contributed by atoms with Gasteiger partial charge in [0.25, 0.3) is 0 Å². The number of aliphatic hydroxyl groups is 1. The third-order valence-corrected chi connectivity index (χ3v) is 4.87. The van der Waals surface area contributed by atoms with E-state index in [2.05, 4.69) is 0 Å². The Morgan fingerprint density at radius 3 is 2.50 bits per heavy atom. The fourth-order valence-electron chi connectivity index (χ4n) is 3.05. The Kier molecular flexibility index (Phi) is 5.07. The van der Waals surface area contributed by atoms with Crippen molar-refractivity contribution in [1.29, 1.82) is 0 Å². The Hall–Kier alpha value is -1.20. The highest BCUT2D eigenvalue weighted by Crippen LogP contribution is 2.38. The van der Waals surface area contributed by atoms with Gasteiger partial charge in [0.05, 0.1) is 18.6 Å². The van der Waals surface area contributed by atoms with Gasteiger partial charge < -0.3 is 14.6 Å². The normalized spacial score (nSPS) is 44.9. The quantitative estimate of drug-likeness (QED) is 0.591. The first-order valence-corrected chi connectivity index (χ1v) is 8.06. The summed E-state index contributed by atoms with van der Waals surface area (Å²) in [5.74, 6) is -1.35. The van der Waals surface area contributed by atoms with Gasteiger partial charge in [-0.15, -0.1) is 0 Å². The topological polar surface area (TPSA) is 76.1 Å². The first kappa shape index (κ1) is 17.2. The van der Waals surface area contributed by atoms with Gasteiger partial charge in [-0.3, -0.25) is 9.59 Å². The van der Waals surface area contributed by atoms with Crippen LogP contribution in [0.25, 0.3) is 0 Å². The van der Waals surface area contributed by atoms with Crippen molar-refractivity contribution in [3.8, 4) is 0 Å². The summed E-state index contributed by atoms with van der Waals surface area (Å²) in [4.78, 5) is 24.6. The molecule has 1 fully saturated rings. The van der Waals surface area contributed by atoms with Gasteiger partial charge in [-0.2, -0.15) is 0 Å². The van der Waals surface area contributed by atoms with Crippen LogP contribution in [0.2, 0.25) is 0 Å². The number of ether oxygens (including phenoxy) is 2. The zero-order valence-corrected chi connectivity index (χ0v) is 13.7. The van der Waals surface area contributed by atoms with E-state index in [0.717, 1.165) is 0 Å². The van der Waals surface area contributed by atoms with Crippen LogP contribution in [0.15, 0.2) is 12.2 Å². The lowest BCUT2D eigenvalue weighted by Gasteiger charge is -2.29. The fourth-order valence-corrected chi connectivity index (χ4v) is 3.05. The van der Waals surface area contributed by atoms with Gasteiger partial charge in [0.2, 0.25) is 0 Å². The molecule has 5 nitrogen and oxygen atoms in total. The molecule has 1 spiro atoms. The molecule has 0 aromatic heterocycles. The highest BCUT2D eigenvalue weighted by atomic mass is 16.6. The monoisotopic (exact) mass is 310 g/mol. The van der Waals surface area contributed by atoms with Crippen molar-refractivity contribution in [1.82, 2.24) is 0 Å². The van der Waals surface area contributed by atoms with E-state index < -0.39 is 17.6 Å². The van der Waals surface area contributed by atoms with E-state index in [1.807, 2.05) is 20.8 Å². The Bertz CT molecular complexity index is 466. The second-order valence-electron chi connectivity index (χ2n) is 6.71. The molecule has 2 heterocycles. The van der Waals surface area contributed by atoms with E-state index in [1.54, 1.807) is 13.0 Å². The van der Waals surface area contributed by atoms with Crippen LogP contribution < -0.4 is 0 Å². The van der Waals surface area contributed by atoms with E-state index >= 15 is 0 Å². The third kappa shape index (κ3) is 3.41. The van der Waals surface area contributed by atoms with Gasteiger partial charge in [-0.1, -0.05) is 26.8 Å². The first-order chi connectivity index (χ1) is 10.3. The standard InChI is InChI=1S/C17H26O5/c1-5-13-10(2)6-7-14(18)17(9-21-17)8-11(3)15(19)12(4)16(20)22-13/h6-7,10-13,15,19H,5,8-9H2,1-4H3/b7-6+/t10-,11?,12-,13-,15+,17+/m1/s1. The minimum atomic E-state index is -0.849. The van der Waals surface area contributed by atoms with Gasteiger partial charge in [0.15, 0.2) is 11.4 Å². The lowest BCUT2D eigenvalue weighted by Crippen LogP contribution is -2.39. The molecule has 0 radical (unpaired) electrons. The molecule has 5 heteroatoms. The predicted molar refractivity (Wildman–Crippen MR) is 81.1 cm³/mol. The van der Waals surface area contributed by atoms with Crippen LogP contribution >= 0.6 is 0 Å². The number of rotatable bonds is 1. The average Bonchev–Trinajstić information content (AvgIpc) is 3.27. The summed E-state index contributed by atoms with van der Waals surface area (Å²) >= 11 is 0. The zero-order valence-electron chi connectivity index (χ0n) is 13.7. The highest BCUT2D eigenvalue weighted by Gasteiger charge is 2.52. The summed E-state index contributed by atoms with van der Waals surface area (Å²) in [7, 11) is 0. The Morgan fingerprint density at radius 2 is 1.95 bits per heavy atom. The van der Waals surface area contributed by atoms with Gasteiger partial charge >= 0.3 is 5.97 Å². The second kappa shape index (κ2) is 6.50. The molecule has 2 aliphatic rings. The number of carbonyl (C=O) groups excluding carboxylic acids is 2. The van der Waals surface area contributed by atoms with Crippen LogP contribution in [0.4, 0.5) is 0 Å². The van der Waals surface area contributed by atoms with Gasteiger partial charge in [0.1, 0.15) is 6.10 Å². The van der Waals surface area contributed by atoms with E-state index in [1.165, 1.54) is 6.08 Å². The predicted octanol–water partition coefficient (Wildman–Crippen LogP) is 1.88. The van der Waals surface area contributed by atoms with E-state index in [9.17, 15) is 14.7 Å². The maximum absolute atomic E-state index is 12.4. The summed E-state index contributed by atoms with van der Waals surface area (Å²) in [6, 6.07) is 0. The Labute approximate surface area is 131 Å². The number of hydrogen-bond acceptors (Lipinski definition) is 5. The van der Waals surface area contributed by atoms with Crippen molar-refractivity contribution in [3.63, 3.8) is 0 Å². The molecular weight excluding hydrogens is 284 g/mol. The lowest BCUT2D eigenvalue weighted by atomic mass is 9.84. The van der Waals surface area contributed by atoms with Gasteiger partial charge in [0, 0.05) is 5.92 Å². The van der Waals surface area contributed by atoms with Crippen LogP contribution in [-0.2, 0) is 19.1 Å². The molecule has 22 heavy (non-hydrogen) atoms. The fraction of sp³-hybridized carbons (Fsp3) is 0.765. The summed E-state index contributed by atoms with van der Waals surface area (Å²) in [5, 5.41) is 10.4. The van der Waals surface area contributed by atoms with Crippen LogP contribution in [-0.4, -0.2) is 41.3 Å². The van der Waals surface area contributed by atoms with Crippen LogP contribution in [0.5, 0.6) is 0 Å². The van der Waals surface area contributed by atoms with Crippen molar-refractivity contribution >= 4 is 11.8 Å². The van der Waals surface area contributed by atoms with Crippen molar-refractivity contribution in [2.24, 2.45) is 17.8 Å². The third-order valence-electron chi connectivity index (χ3n) is 4.87.